The molecule has 0 radical (unpaired) electrons. The van der Waals surface area contributed by atoms with Crippen LogP contribution in [0.4, 0.5) is 5.82 Å². The summed E-state index contributed by atoms with van der Waals surface area (Å²) in [6.45, 7) is 4.15. The van der Waals surface area contributed by atoms with Crippen molar-refractivity contribution in [3.63, 3.8) is 0 Å². The molecule has 3 aliphatic rings. The van der Waals surface area contributed by atoms with Crippen molar-refractivity contribution in [2.24, 2.45) is 5.41 Å². The molecule has 1 aromatic heterocycles. The molecule has 84 valence electrons. The van der Waals surface area contributed by atoms with E-state index in [1.807, 2.05) is 12.3 Å². The fourth-order valence-electron chi connectivity index (χ4n) is 3.19. The number of aromatic nitrogens is 1. The molecule has 3 heterocycles. The topological polar surface area (TPSA) is 25.4 Å². The van der Waals surface area contributed by atoms with Crippen LogP contribution in [0.15, 0.2) is 12.3 Å². The Morgan fingerprint density at radius 3 is 3.19 bits per heavy atom. The molecule has 1 saturated heterocycles. The van der Waals surface area contributed by atoms with E-state index in [4.69, 9.17) is 4.74 Å². The number of fused-ring (bicyclic) bond motifs is 3. The summed E-state index contributed by atoms with van der Waals surface area (Å²) in [5.41, 5.74) is 1.83. The fraction of sp³-hybridized carbons (Fsp3) is 0.615. The van der Waals surface area contributed by atoms with Gasteiger partial charge in [0.1, 0.15) is 6.61 Å². The first-order chi connectivity index (χ1) is 7.77. The van der Waals surface area contributed by atoms with Crippen LogP contribution in [0.3, 0.4) is 0 Å². The maximum absolute atomic E-state index is 5.89. The van der Waals surface area contributed by atoms with Gasteiger partial charge >= 0.3 is 0 Å². The van der Waals surface area contributed by atoms with Crippen molar-refractivity contribution in [3.8, 4) is 5.75 Å². The zero-order valence-electron chi connectivity index (χ0n) is 9.57. The molecule has 16 heavy (non-hydrogen) atoms. The van der Waals surface area contributed by atoms with E-state index in [1.165, 1.54) is 31.4 Å². The number of rotatable bonds is 0. The Bertz CT molecular complexity index is 453. The van der Waals surface area contributed by atoms with Crippen LogP contribution in [-0.4, -0.2) is 24.2 Å². The van der Waals surface area contributed by atoms with E-state index in [1.54, 1.807) is 0 Å². The molecule has 1 aromatic rings. The van der Waals surface area contributed by atoms with Crippen LogP contribution < -0.4 is 9.64 Å². The Kier molecular flexibility index (Phi) is 1.50. The Morgan fingerprint density at radius 1 is 1.50 bits per heavy atom. The highest BCUT2D eigenvalue weighted by Gasteiger charge is 2.53. The summed E-state index contributed by atoms with van der Waals surface area (Å²) in [6, 6.07) is 2.60. The van der Waals surface area contributed by atoms with Gasteiger partial charge in [0.2, 0.25) is 0 Å². The summed E-state index contributed by atoms with van der Waals surface area (Å²) in [7, 11) is 0. The van der Waals surface area contributed by atoms with E-state index in [0.717, 1.165) is 18.2 Å². The average Bonchev–Trinajstić information content (AvgIpc) is 2.91. The van der Waals surface area contributed by atoms with Gasteiger partial charge in [-0.2, -0.15) is 0 Å². The van der Waals surface area contributed by atoms with Crippen molar-refractivity contribution >= 4 is 5.82 Å². The molecule has 1 spiro atoms. The number of hydrogen-bond donors (Lipinski definition) is 0. The average molecular weight is 216 g/mol. The Balaban J connectivity index is 1.79. The molecule has 0 bridgehead atoms. The molecule has 1 aliphatic carbocycles. The largest absolute Gasteiger partial charge is 0.487 e. The number of anilines is 1. The van der Waals surface area contributed by atoms with Gasteiger partial charge in [0.15, 0.2) is 11.6 Å². The van der Waals surface area contributed by atoms with Gasteiger partial charge < -0.3 is 9.64 Å². The zero-order chi connectivity index (χ0) is 10.8. The number of ether oxygens (including phenoxy) is 1. The van der Waals surface area contributed by atoms with E-state index in [0.29, 0.717) is 11.5 Å². The maximum Gasteiger partial charge on any atom is 0.172 e. The third-order valence-electron chi connectivity index (χ3n) is 4.35. The summed E-state index contributed by atoms with van der Waals surface area (Å²) < 4.78 is 5.89. The SMILES string of the molecule is Cc1ccnc2c1OC[C@H]1CC3(CC3)CN21. The van der Waals surface area contributed by atoms with Gasteiger partial charge in [-0.15, -0.1) is 0 Å². The smallest absolute Gasteiger partial charge is 0.172 e. The molecule has 0 aromatic carbocycles. The second kappa shape index (κ2) is 2.70. The minimum absolute atomic E-state index is 0.573. The first-order valence-corrected chi connectivity index (χ1v) is 6.13. The van der Waals surface area contributed by atoms with Gasteiger partial charge in [0, 0.05) is 12.7 Å². The molecular weight excluding hydrogens is 200 g/mol. The molecule has 4 rings (SSSR count). The highest BCUT2D eigenvalue weighted by Crippen LogP contribution is 2.57. The molecule has 0 N–H and O–H groups in total. The summed E-state index contributed by atoms with van der Waals surface area (Å²) >= 11 is 0. The summed E-state index contributed by atoms with van der Waals surface area (Å²) in [4.78, 5) is 7.00. The molecule has 0 unspecified atom stereocenters. The third kappa shape index (κ3) is 1.06. The first kappa shape index (κ1) is 8.85. The summed E-state index contributed by atoms with van der Waals surface area (Å²) in [5.74, 6) is 2.09. The molecule has 1 saturated carbocycles. The second-order valence-corrected chi connectivity index (χ2v) is 5.58. The van der Waals surface area contributed by atoms with Crippen LogP contribution >= 0.6 is 0 Å². The van der Waals surface area contributed by atoms with Crippen molar-refractivity contribution in [1.82, 2.24) is 4.98 Å². The van der Waals surface area contributed by atoms with Crippen molar-refractivity contribution in [3.05, 3.63) is 17.8 Å². The van der Waals surface area contributed by atoms with Crippen molar-refractivity contribution in [2.75, 3.05) is 18.1 Å². The van der Waals surface area contributed by atoms with E-state index in [2.05, 4.69) is 16.8 Å². The Hall–Kier alpha value is -1.25. The normalized spacial score (nSPS) is 28.6. The fourth-order valence-corrected chi connectivity index (χ4v) is 3.19. The summed E-state index contributed by atoms with van der Waals surface area (Å²) in [6.07, 6.45) is 6.02. The second-order valence-electron chi connectivity index (χ2n) is 5.58. The van der Waals surface area contributed by atoms with E-state index < -0.39 is 0 Å². The van der Waals surface area contributed by atoms with Crippen molar-refractivity contribution in [2.45, 2.75) is 32.2 Å². The van der Waals surface area contributed by atoms with Crippen LogP contribution in [-0.2, 0) is 0 Å². The minimum atomic E-state index is 0.573. The number of hydrogen-bond acceptors (Lipinski definition) is 3. The molecule has 0 amide bonds. The lowest BCUT2D eigenvalue weighted by atomic mass is 10.0. The maximum atomic E-state index is 5.89. The minimum Gasteiger partial charge on any atom is -0.487 e. The van der Waals surface area contributed by atoms with Crippen molar-refractivity contribution < 1.29 is 4.74 Å². The highest BCUT2D eigenvalue weighted by atomic mass is 16.5. The van der Waals surface area contributed by atoms with E-state index >= 15 is 0 Å². The first-order valence-electron chi connectivity index (χ1n) is 6.13. The van der Waals surface area contributed by atoms with Gasteiger partial charge in [-0.1, -0.05) is 0 Å². The van der Waals surface area contributed by atoms with Crippen LogP contribution in [0.2, 0.25) is 0 Å². The molecular formula is C13H16N2O. The van der Waals surface area contributed by atoms with Gasteiger partial charge in [-0.25, -0.2) is 4.98 Å². The zero-order valence-corrected chi connectivity index (χ0v) is 9.57. The lowest BCUT2D eigenvalue weighted by Gasteiger charge is -2.32. The van der Waals surface area contributed by atoms with Crippen LogP contribution in [0.25, 0.3) is 0 Å². The lowest BCUT2D eigenvalue weighted by molar-refractivity contribution is 0.265. The Labute approximate surface area is 95.4 Å². The predicted molar refractivity (Wildman–Crippen MR) is 61.9 cm³/mol. The number of aryl methyl sites for hydroxylation is 1. The van der Waals surface area contributed by atoms with Crippen LogP contribution in [0.5, 0.6) is 5.75 Å². The quantitative estimate of drug-likeness (QED) is 0.664. The standard InChI is InChI=1S/C13H16N2O/c1-9-2-5-14-12-11(9)16-7-10-6-13(3-4-13)8-15(10)12/h2,5,10H,3-4,6-8H2,1H3/t10-/m1/s1. The van der Waals surface area contributed by atoms with Crippen LogP contribution in [0.1, 0.15) is 24.8 Å². The van der Waals surface area contributed by atoms with E-state index in [-0.39, 0.29) is 0 Å². The molecule has 1 atom stereocenters. The predicted octanol–water partition coefficient (Wildman–Crippen LogP) is 2.14. The molecule has 3 nitrogen and oxygen atoms in total. The molecule has 2 fully saturated rings. The molecule has 2 aliphatic heterocycles. The van der Waals surface area contributed by atoms with Gasteiger partial charge in [-0.3, -0.25) is 0 Å². The highest BCUT2D eigenvalue weighted by molar-refractivity contribution is 5.59. The lowest BCUT2D eigenvalue weighted by Crippen LogP contribution is -2.39. The summed E-state index contributed by atoms with van der Waals surface area (Å²) in [5, 5.41) is 0. The van der Waals surface area contributed by atoms with Crippen molar-refractivity contribution in [1.29, 1.82) is 0 Å². The number of nitrogens with zero attached hydrogens (tertiary/aromatic N) is 2. The van der Waals surface area contributed by atoms with Crippen LogP contribution in [0, 0.1) is 12.3 Å². The van der Waals surface area contributed by atoms with E-state index in [9.17, 15) is 0 Å². The van der Waals surface area contributed by atoms with Gasteiger partial charge in [0.25, 0.3) is 0 Å². The monoisotopic (exact) mass is 216 g/mol. The van der Waals surface area contributed by atoms with Gasteiger partial charge in [0.05, 0.1) is 6.04 Å². The third-order valence-corrected chi connectivity index (χ3v) is 4.35. The Morgan fingerprint density at radius 2 is 2.38 bits per heavy atom. The van der Waals surface area contributed by atoms with Gasteiger partial charge in [-0.05, 0) is 43.2 Å². The number of pyridine rings is 1. The molecule has 3 heteroatoms.